The molecule has 0 saturated carbocycles. The molecule has 0 bridgehead atoms. The third-order valence-electron chi connectivity index (χ3n) is 2.99. The fraction of sp³-hybridized carbons (Fsp3) is 0.308. The van der Waals surface area contributed by atoms with Gasteiger partial charge in [0, 0.05) is 6.54 Å². The van der Waals surface area contributed by atoms with E-state index in [0.29, 0.717) is 12.2 Å². The number of halogens is 2. The molecule has 22 heavy (non-hydrogen) atoms. The summed E-state index contributed by atoms with van der Waals surface area (Å²) in [6.45, 7) is 0.921. The number of aryl methyl sites for hydroxylation is 1. The molecule has 0 aliphatic heterocycles. The van der Waals surface area contributed by atoms with Crippen molar-refractivity contribution in [1.29, 1.82) is 0 Å². The first kappa shape index (κ1) is 16.2. The van der Waals surface area contributed by atoms with Crippen LogP contribution in [0.25, 0.3) is 0 Å². The molecule has 0 amide bonds. The van der Waals surface area contributed by atoms with Crippen LogP contribution in [0.3, 0.4) is 0 Å². The topological polar surface area (TPSA) is 73.2 Å². The van der Waals surface area contributed by atoms with E-state index in [-0.39, 0.29) is 16.3 Å². The number of aromatic nitrogens is 2. The Bertz CT molecular complexity index is 760. The molecule has 0 fully saturated rings. The maximum atomic E-state index is 12.4. The van der Waals surface area contributed by atoms with Gasteiger partial charge in [-0.3, -0.25) is 9.40 Å². The van der Waals surface area contributed by atoms with Crippen molar-refractivity contribution in [1.82, 2.24) is 9.78 Å². The number of nitrogens with one attached hydrogen (secondary N) is 1. The number of benzene rings is 1. The summed E-state index contributed by atoms with van der Waals surface area (Å²) in [4.78, 5) is -0.0128. The minimum absolute atomic E-state index is 0.0128. The van der Waals surface area contributed by atoms with Crippen LogP contribution in [0.4, 0.5) is 14.5 Å². The SMILES string of the molecule is CCn1ncc(S(=O)(=O)Nc2ccccc2OC(F)F)c1C. The monoisotopic (exact) mass is 331 g/mol. The Morgan fingerprint density at radius 3 is 2.64 bits per heavy atom. The maximum Gasteiger partial charge on any atom is 0.387 e. The van der Waals surface area contributed by atoms with E-state index in [0.717, 1.165) is 0 Å². The van der Waals surface area contributed by atoms with Gasteiger partial charge in [0.15, 0.2) is 0 Å². The second-order valence-corrected chi connectivity index (χ2v) is 6.04. The van der Waals surface area contributed by atoms with Crippen molar-refractivity contribution in [3.63, 3.8) is 0 Å². The quantitative estimate of drug-likeness (QED) is 0.883. The van der Waals surface area contributed by atoms with Gasteiger partial charge in [-0.05, 0) is 26.0 Å². The second kappa shape index (κ2) is 6.30. The molecular weight excluding hydrogens is 316 g/mol. The van der Waals surface area contributed by atoms with Gasteiger partial charge in [-0.25, -0.2) is 8.42 Å². The number of ether oxygens (including phenoxy) is 1. The summed E-state index contributed by atoms with van der Waals surface area (Å²) >= 11 is 0. The number of anilines is 1. The van der Waals surface area contributed by atoms with Crippen LogP contribution in [0.5, 0.6) is 5.75 Å². The van der Waals surface area contributed by atoms with Crippen molar-refractivity contribution in [3.8, 4) is 5.75 Å². The minimum atomic E-state index is -3.95. The third kappa shape index (κ3) is 3.35. The summed E-state index contributed by atoms with van der Waals surface area (Å²) < 4.78 is 57.6. The Balaban J connectivity index is 2.35. The Hall–Kier alpha value is -2.16. The number of hydrogen-bond donors (Lipinski definition) is 1. The van der Waals surface area contributed by atoms with Crippen molar-refractivity contribution in [2.75, 3.05) is 4.72 Å². The molecule has 1 N–H and O–H groups in total. The van der Waals surface area contributed by atoms with E-state index in [1.54, 1.807) is 6.92 Å². The highest BCUT2D eigenvalue weighted by Gasteiger charge is 2.22. The summed E-state index contributed by atoms with van der Waals surface area (Å²) in [5, 5.41) is 3.96. The zero-order chi connectivity index (χ0) is 16.3. The van der Waals surface area contributed by atoms with Gasteiger partial charge in [-0.15, -0.1) is 0 Å². The van der Waals surface area contributed by atoms with Crippen LogP contribution in [0.15, 0.2) is 35.4 Å². The first-order valence-electron chi connectivity index (χ1n) is 6.44. The predicted molar refractivity (Wildman–Crippen MR) is 76.5 cm³/mol. The van der Waals surface area contributed by atoms with E-state index in [1.165, 1.54) is 35.1 Å². The van der Waals surface area contributed by atoms with Gasteiger partial charge in [-0.1, -0.05) is 12.1 Å². The van der Waals surface area contributed by atoms with Crippen molar-refractivity contribution in [2.45, 2.75) is 31.9 Å². The normalized spacial score (nSPS) is 11.7. The lowest BCUT2D eigenvalue weighted by Crippen LogP contribution is -2.15. The molecule has 0 aliphatic rings. The molecule has 1 aromatic heterocycles. The molecule has 0 saturated heterocycles. The molecular formula is C13H15F2N3O3S. The van der Waals surface area contributed by atoms with E-state index >= 15 is 0 Å². The molecule has 0 unspecified atom stereocenters. The first-order valence-corrected chi connectivity index (χ1v) is 7.92. The lowest BCUT2D eigenvalue weighted by atomic mass is 10.3. The zero-order valence-corrected chi connectivity index (χ0v) is 12.8. The summed E-state index contributed by atoms with van der Waals surface area (Å²) in [5.41, 5.74) is 0.397. The molecule has 2 aromatic rings. The summed E-state index contributed by atoms with van der Waals surface area (Å²) in [5.74, 6) is -0.249. The Morgan fingerprint density at radius 1 is 1.36 bits per heavy atom. The molecule has 9 heteroatoms. The molecule has 1 aromatic carbocycles. The molecule has 1 heterocycles. The third-order valence-corrected chi connectivity index (χ3v) is 4.46. The molecule has 2 rings (SSSR count). The van der Waals surface area contributed by atoms with E-state index in [1.807, 2.05) is 6.92 Å². The Kier molecular flexibility index (Phi) is 4.65. The van der Waals surface area contributed by atoms with Crippen molar-refractivity contribution in [3.05, 3.63) is 36.2 Å². The van der Waals surface area contributed by atoms with Crippen LogP contribution in [0.2, 0.25) is 0 Å². The minimum Gasteiger partial charge on any atom is -0.433 e. The average Bonchev–Trinajstić information content (AvgIpc) is 2.82. The lowest BCUT2D eigenvalue weighted by molar-refractivity contribution is -0.0493. The van der Waals surface area contributed by atoms with Gasteiger partial charge in [0.25, 0.3) is 10.0 Å². The van der Waals surface area contributed by atoms with E-state index < -0.39 is 16.6 Å². The van der Waals surface area contributed by atoms with Crippen molar-refractivity contribution in [2.24, 2.45) is 0 Å². The Labute approximate surface area is 126 Å². The van der Waals surface area contributed by atoms with Gasteiger partial charge in [0.2, 0.25) is 0 Å². The fourth-order valence-corrected chi connectivity index (χ4v) is 3.21. The summed E-state index contributed by atoms with van der Waals surface area (Å²) in [6, 6.07) is 5.58. The largest absolute Gasteiger partial charge is 0.433 e. The van der Waals surface area contributed by atoms with Crippen molar-refractivity contribution >= 4 is 15.7 Å². The van der Waals surface area contributed by atoms with Crippen LogP contribution < -0.4 is 9.46 Å². The summed E-state index contributed by atoms with van der Waals surface area (Å²) in [6.07, 6.45) is 1.22. The number of nitrogens with zero attached hydrogens (tertiary/aromatic N) is 2. The van der Waals surface area contributed by atoms with Crippen LogP contribution in [-0.4, -0.2) is 24.8 Å². The first-order chi connectivity index (χ1) is 10.3. The van der Waals surface area contributed by atoms with Crippen LogP contribution in [0.1, 0.15) is 12.6 Å². The van der Waals surface area contributed by atoms with Crippen molar-refractivity contribution < 1.29 is 21.9 Å². The van der Waals surface area contributed by atoms with Crippen LogP contribution in [-0.2, 0) is 16.6 Å². The fourth-order valence-electron chi connectivity index (χ4n) is 1.96. The smallest absolute Gasteiger partial charge is 0.387 e. The van der Waals surface area contributed by atoms with Gasteiger partial charge < -0.3 is 4.74 Å². The number of alkyl halides is 2. The van der Waals surface area contributed by atoms with Gasteiger partial charge >= 0.3 is 6.61 Å². The van der Waals surface area contributed by atoms with E-state index in [9.17, 15) is 17.2 Å². The standard InChI is InChI=1S/C13H15F2N3O3S/c1-3-18-9(2)12(8-16-18)22(19,20)17-10-6-4-5-7-11(10)21-13(14)15/h4-8,13,17H,3H2,1-2H3. The molecule has 0 radical (unpaired) electrons. The molecule has 0 aliphatic carbocycles. The van der Waals surface area contributed by atoms with Crippen LogP contribution >= 0.6 is 0 Å². The molecule has 0 spiro atoms. The number of sulfonamides is 1. The highest BCUT2D eigenvalue weighted by atomic mass is 32.2. The van der Waals surface area contributed by atoms with Gasteiger partial charge in [0.05, 0.1) is 17.6 Å². The van der Waals surface area contributed by atoms with E-state index in [4.69, 9.17) is 0 Å². The highest BCUT2D eigenvalue weighted by molar-refractivity contribution is 7.92. The number of para-hydroxylation sites is 2. The number of hydrogen-bond acceptors (Lipinski definition) is 4. The van der Waals surface area contributed by atoms with E-state index in [2.05, 4.69) is 14.6 Å². The molecule has 120 valence electrons. The number of rotatable bonds is 6. The lowest BCUT2D eigenvalue weighted by Gasteiger charge is -2.12. The predicted octanol–water partition coefficient (Wildman–Crippen LogP) is 2.61. The maximum absolute atomic E-state index is 12.4. The average molecular weight is 331 g/mol. The zero-order valence-electron chi connectivity index (χ0n) is 12.0. The summed E-state index contributed by atoms with van der Waals surface area (Å²) in [7, 11) is -3.95. The molecule has 6 nitrogen and oxygen atoms in total. The van der Waals surface area contributed by atoms with Crippen LogP contribution in [0, 0.1) is 6.92 Å². The Morgan fingerprint density at radius 2 is 2.05 bits per heavy atom. The van der Waals surface area contributed by atoms with Gasteiger partial charge in [-0.2, -0.15) is 13.9 Å². The molecule has 0 atom stereocenters. The van der Waals surface area contributed by atoms with Gasteiger partial charge in [0.1, 0.15) is 10.6 Å². The second-order valence-electron chi connectivity index (χ2n) is 4.39. The highest BCUT2D eigenvalue weighted by Crippen LogP contribution is 2.28.